The normalized spacial score (nSPS) is 15.6. The van der Waals surface area contributed by atoms with Crippen molar-refractivity contribution in [2.45, 2.75) is 18.6 Å². The van der Waals surface area contributed by atoms with E-state index in [9.17, 15) is 22.0 Å². The predicted molar refractivity (Wildman–Crippen MR) is 102 cm³/mol. The quantitative estimate of drug-likeness (QED) is 0.799. The summed E-state index contributed by atoms with van der Waals surface area (Å²) >= 11 is 0. The maximum Gasteiger partial charge on any atom is 0.256 e. The summed E-state index contributed by atoms with van der Waals surface area (Å²) in [6, 6.07) is 11.4. The maximum absolute atomic E-state index is 13.8. The summed E-state index contributed by atoms with van der Waals surface area (Å²) in [5, 5.41) is 0. The molecule has 1 amide bonds. The fourth-order valence-corrected chi connectivity index (χ4v) is 4.50. The van der Waals surface area contributed by atoms with Crippen LogP contribution in [0.1, 0.15) is 28.8 Å². The highest BCUT2D eigenvalue weighted by atomic mass is 32.2. The van der Waals surface area contributed by atoms with Gasteiger partial charge in [0.1, 0.15) is 11.6 Å². The Morgan fingerprint density at radius 3 is 2.46 bits per heavy atom. The van der Waals surface area contributed by atoms with E-state index in [0.717, 1.165) is 0 Å². The smallest absolute Gasteiger partial charge is 0.256 e. The number of rotatable bonds is 6. The highest BCUT2D eigenvalue weighted by Crippen LogP contribution is 2.20. The zero-order valence-corrected chi connectivity index (χ0v) is 16.1. The van der Waals surface area contributed by atoms with E-state index in [0.29, 0.717) is 31.5 Å². The topological polar surface area (TPSA) is 66.5 Å². The maximum atomic E-state index is 13.8. The summed E-state index contributed by atoms with van der Waals surface area (Å²) in [7, 11) is -3.58. The Balaban J connectivity index is 1.49. The second-order valence-corrected chi connectivity index (χ2v) is 8.76. The van der Waals surface area contributed by atoms with Crippen LogP contribution in [-0.4, -0.2) is 38.9 Å². The molecular weight excluding hydrogens is 386 g/mol. The van der Waals surface area contributed by atoms with Crippen molar-refractivity contribution in [1.29, 1.82) is 0 Å². The van der Waals surface area contributed by atoms with Crippen molar-refractivity contribution in [3.63, 3.8) is 0 Å². The average molecular weight is 408 g/mol. The number of carbonyl (C=O) groups excluding carboxylic acids is 1. The van der Waals surface area contributed by atoms with Gasteiger partial charge in [-0.15, -0.1) is 0 Å². The summed E-state index contributed by atoms with van der Waals surface area (Å²) < 4.78 is 54.0. The van der Waals surface area contributed by atoms with E-state index in [1.165, 1.54) is 36.4 Å². The van der Waals surface area contributed by atoms with Crippen LogP contribution in [0, 0.1) is 17.6 Å². The summed E-state index contributed by atoms with van der Waals surface area (Å²) in [6.07, 6.45) is 1.26. The zero-order chi connectivity index (χ0) is 20.1. The van der Waals surface area contributed by atoms with E-state index in [1.807, 2.05) is 0 Å². The van der Waals surface area contributed by atoms with Crippen LogP contribution in [0.2, 0.25) is 0 Å². The minimum Gasteiger partial charge on any atom is -0.339 e. The second kappa shape index (κ2) is 8.79. The fourth-order valence-electron chi connectivity index (χ4n) is 3.29. The molecule has 0 atom stereocenters. The lowest BCUT2D eigenvalue weighted by molar-refractivity contribution is 0.0687. The molecule has 0 aromatic heterocycles. The lowest BCUT2D eigenvalue weighted by Crippen LogP contribution is -2.42. The Morgan fingerprint density at radius 1 is 1.07 bits per heavy atom. The van der Waals surface area contributed by atoms with Gasteiger partial charge in [-0.25, -0.2) is 21.9 Å². The van der Waals surface area contributed by atoms with Gasteiger partial charge in [-0.3, -0.25) is 4.79 Å². The van der Waals surface area contributed by atoms with Crippen LogP contribution < -0.4 is 4.72 Å². The van der Waals surface area contributed by atoms with Crippen molar-refractivity contribution in [2.75, 3.05) is 19.6 Å². The summed E-state index contributed by atoms with van der Waals surface area (Å²) in [5.74, 6) is -1.55. The van der Waals surface area contributed by atoms with Gasteiger partial charge < -0.3 is 4.90 Å². The van der Waals surface area contributed by atoms with Crippen molar-refractivity contribution in [3.8, 4) is 0 Å². The lowest BCUT2D eigenvalue weighted by atomic mass is 9.96. The molecule has 5 nitrogen and oxygen atoms in total. The number of hydrogen-bond acceptors (Lipinski definition) is 3. The monoisotopic (exact) mass is 408 g/mol. The van der Waals surface area contributed by atoms with Gasteiger partial charge in [0.15, 0.2) is 0 Å². The molecule has 1 N–H and O–H groups in total. The van der Waals surface area contributed by atoms with E-state index in [1.54, 1.807) is 17.0 Å². The van der Waals surface area contributed by atoms with Gasteiger partial charge in [-0.2, -0.15) is 0 Å². The van der Waals surface area contributed by atoms with E-state index in [-0.39, 0.29) is 29.7 Å². The summed E-state index contributed by atoms with van der Waals surface area (Å²) in [4.78, 5) is 14.0. The molecule has 1 fully saturated rings. The van der Waals surface area contributed by atoms with Crippen LogP contribution in [0.5, 0.6) is 0 Å². The predicted octanol–water partition coefficient (Wildman–Crippen LogP) is 2.94. The molecule has 1 aliphatic rings. The molecular formula is C20H22F2N2O3S. The van der Waals surface area contributed by atoms with Crippen molar-refractivity contribution in [2.24, 2.45) is 5.92 Å². The highest BCUT2D eigenvalue weighted by molar-refractivity contribution is 7.88. The van der Waals surface area contributed by atoms with Gasteiger partial charge in [0.25, 0.3) is 5.91 Å². The number of nitrogens with one attached hydrogen (secondary N) is 1. The molecule has 0 spiro atoms. The Labute approximate surface area is 163 Å². The third kappa shape index (κ3) is 5.36. The molecule has 1 heterocycles. The molecule has 0 aliphatic carbocycles. The first-order valence-corrected chi connectivity index (χ1v) is 10.7. The number of nitrogens with zero attached hydrogens (tertiary/aromatic N) is 1. The van der Waals surface area contributed by atoms with Gasteiger partial charge >= 0.3 is 0 Å². The number of piperidine rings is 1. The minimum atomic E-state index is -3.58. The SMILES string of the molecule is O=C(c1ccccc1F)N1CCC(CNS(=O)(=O)Cc2cccc(F)c2)CC1. The Kier molecular flexibility index (Phi) is 6.41. The number of carbonyl (C=O) groups is 1. The second-order valence-electron chi connectivity index (χ2n) is 6.95. The van der Waals surface area contributed by atoms with Gasteiger partial charge in [0, 0.05) is 19.6 Å². The van der Waals surface area contributed by atoms with Crippen molar-refractivity contribution >= 4 is 15.9 Å². The van der Waals surface area contributed by atoms with Crippen molar-refractivity contribution in [1.82, 2.24) is 9.62 Å². The van der Waals surface area contributed by atoms with Gasteiger partial charge in [0.05, 0.1) is 11.3 Å². The third-order valence-electron chi connectivity index (χ3n) is 4.84. The van der Waals surface area contributed by atoms with Gasteiger partial charge in [-0.05, 0) is 48.6 Å². The first kappa shape index (κ1) is 20.4. The number of hydrogen-bond donors (Lipinski definition) is 1. The van der Waals surface area contributed by atoms with E-state index in [2.05, 4.69) is 4.72 Å². The minimum absolute atomic E-state index is 0.0525. The van der Waals surface area contributed by atoms with E-state index >= 15 is 0 Å². The van der Waals surface area contributed by atoms with Crippen LogP contribution in [-0.2, 0) is 15.8 Å². The number of halogens is 2. The Morgan fingerprint density at radius 2 is 1.79 bits per heavy atom. The number of sulfonamides is 1. The molecule has 2 aromatic rings. The first-order valence-electron chi connectivity index (χ1n) is 9.09. The van der Waals surface area contributed by atoms with Gasteiger partial charge in [0.2, 0.25) is 10.0 Å². The number of benzene rings is 2. The lowest BCUT2D eigenvalue weighted by Gasteiger charge is -2.32. The number of amides is 1. The molecule has 28 heavy (non-hydrogen) atoms. The van der Waals surface area contributed by atoms with Crippen molar-refractivity contribution < 1.29 is 22.0 Å². The summed E-state index contributed by atoms with van der Waals surface area (Å²) in [5.41, 5.74) is 0.439. The standard InChI is InChI=1S/C20H22F2N2O3S/c21-17-5-3-4-16(12-17)14-28(26,27)23-13-15-8-10-24(11-9-15)20(25)18-6-1-2-7-19(18)22/h1-7,12,15,23H,8-11,13-14H2. The molecule has 1 saturated heterocycles. The molecule has 2 aromatic carbocycles. The van der Waals surface area contributed by atoms with Crippen LogP contribution in [0.15, 0.2) is 48.5 Å². The molecule has 1 aliphatic heterocycles. The summed E-state index contributed by atoms with van der Waals surface area (Å²) in [6.45, 7) is 1.16. The molecule has 0 radical (unpaired) electrons. The molecule has 8 heteroatoms. The molecule has 0 unspecified atom stereocenters. The molecule has 0 bridgehead atoms. The van der Waals surface area contributed by atoms with E-state index < -0.39 is 21.7 Å². The highest BCUT2D eigenvalue weighted by Gasteiger charge is 2.26. The van der Waals surface area contributed by atoms with Crippen molar-refractivity contribution in [3.05, 3.63) is 71.3 Å². The van der Waals surface area contributed by atoms with E-state index in [4.69, 9.17) is 0 Å². The fraction of sp³-hybridized carbons (Fsp3) is 0.350. The van der Waals surface area contributed by atoms with Crippen LogP contribution in [0.4, 0.5) is 8.78 Å². The zero-order valence-electron chi connectivity index (χ0n) is 15.3. The van der Waals surface area contributed by atoms with Crippen LogP contribution >= 0.6 is 0 Å². The van der Waals surface area contributed by atoms with Crippen LogP contribution in [0.3, 0.4) is 0 Å². The molecule has 150 valence electrons. The van der Waals surface area contributed by atoms with Crippen LogP contribution in [0.25, 0.3) is 0 Å². The number of likely N-dealkylation sites (tertiary alicyclic amines) is 1. The third-order valence-corrected chi connectivity index (χ3v) is 6.16. The molecule has 0 saturated carbocycles. The molecule has 3 rings (SSSR count). The largest absolute Gasteiger partial charge is 0.339 e. The Hall–Kier alpha value is -2.32. The van der Waals surface area contributed by atoms with Gasteiger partial charge in [-0.1, -0.05) is 24.3 Å². The Bertz CT molecular complexity index is 942. The first-order chi connectivity index (χ1) is 13.3. The average Bonchev–Trinajstić information content (AvgIpc) is 2.66.